The van der Waals surface area contributed by atoms with Gasteiger partial charge in [0.25, 0.3) is 5.91 Å². The molecule has 3 aromatic rings. The Kier molecular flexibility index (Phi) is 7.01. The SMILES string of the molecule is CC(C)[C@H](NC(=O)c1cccc(/C=C/Cn2cccc2C(=O)c2ccc3c(c2)OCO3)c1)C(=O)O. The van der Waals surface area contributed by atoms with Gasteiger partial charge < -0.3 is 24.5 Å². The van der Waals surface area contributed by atoms with E-state index in [9.17, 15) is 19.5 Å². The molecule has 2 aromatic carbocycles. The number of carbonyl (C=O) groups excluding carboxylic acids is 2. The molecule has 4 rings (SSSR count). The molecule has 0 radical (unpaired) electrons. The predicted molar refractivity (Wildman–Crippen MR) is 130 cm³/mol. The van der Waals surface area contributed by atoms with Crippen molar-refractivity contribution in [3.05, 3.63) is 89.3 Å². The maximum atomic E-state index is 13.0. The van der Waals surface area contributed by atoms with Gasteiger partial charge in [-0.25, -0.2) is 4.79 Å². The van der Waals surface area contributed by atoms with E-state index in [-0.39, 0.29) is 18.5 Å². The van der Waals surface area contributed by atoms with E-state index in [1.165, 1.54) is 0 Å². The van der Waals surface area contributed by atoms with E-state index in [2.05, 4.69) is 5.32 Å². The van der Waals surface area contributed by atoms with Crippen molar-refractivity contribution in [1.29, 1.82) is 0 Å². The maximum absolute atomic E-state index is 13.0. The Bertz CT molecular complexity index is 1290. The Morgan fingerprint density at radius 1 is 1.03 bits per heavy atom. The number of carboxylic acid groups (broad SMARTS) is 1. The molecule has 0 spiro atoms. The molecule has 1 aliphatic rings. The second-order valence-electron chi connectivity index (χ2n) is 8.50. The molecule has 2 heterocycles. The standard InChI is InChI=1S/C27H26N2O6/c1-17(2)24(27(32)33)28-26(31)20-8-3-6-18(14-20)7-4-12-29-13-5-9-21(29)25(30)19-10-11-22-23(15-19)35-16-34-22/h3-11,13-15,17,24H,12,16H2,1-2H3,(H,28,31)(H,32,33)/b7-4+/t24-/m0/s1. The Labute approximate surface area is 202 Å². The first-order chi connectivity index (χ1) is 16.8. The average molecular weight is 475 g/mol. The van der Waals surface area contributed by atoms with Gasteiger partial charge in [0.2, 0.25) is 12.6 Å². The van der Waals surface area contributed by atoms with Gasteiger partial charge in [0.1, 0.15) is 6.04 Å². The zero-order chi connectivity index (χ0) is 24.9. The summed E-state index contributed by atoms with van der Waals surface area (Å²) < 4.78 is 12.5. The van der Waals surface area contributed by atoms with Gasteiger partial charge >= 0.3 is 5.97 Å². The minimum absolute atomic E-state index is 0.126. The van der Waals surface area contributed by atoms with Crippen molar-refractivity contribution in [3.63, 3.8) is 0 Å². The van der Waals surface area contributed by atoms with Crippen molar-refractivity contribution in [3.8, 4) is 11.5 Å². The highest BCUT2D eigenvalue weighted by atomic mass is 16.7. The topological polar surface area (TPSA) is 107 Å². The number of nitrogens with one attached hydrogen (secondary N) is 1. The molecule has 35 heavy (non-hydrogen) atoms. The Morgan fingerprint density at radius 2 is 1.83 bits per heavy atom. The van der Waals surface area contributed by atoms with Crippen LogP contribution in [0.2, 0.25) is 0 Å². The van der Waals surface area contributed by atoms with Crippen LogP contribution in [0.25, 0.3) is 6.08 Å². The number of hydrogen-bond acceptors (Lipinski definition) is 5. The molecule has 0 bridgehead atoms. The summed E-state index contributed by atoms with van der Waals surface area (Å²) in [4.78, 5) is 37.0. The minimum atomic E-state index is -1.07. The van der Waals surface area contributed by atoms with E-state index >= 15 is 0 Å². The third-order valence-corrected chi connectivity index (χ3v) is 5.68. The molecule has 0 saturated heterocycles. The number of rotatable bonds is 9. The molecule has 180 valence electrons. The van der Waals surface area contributed by atoms with Crippen LogP contribution >= 0.6 is 0 Å². The number of hydrogen-bond donors (Lipinski definition) is 2. The van der Waals surface area contributed by atoms with Crippen LogP contribution in [-0.2, 0) is 11.3 Å². The van der Waals surface area contributed by atoms with Crippen molar-refractivity contribution in [2.75, 3.05) is 6.79 Å². The fourth-order valence-electron chi connectivity index (χ4n) is 3.79. The maximum Gasteiger partial charge on any atom is 0.326 e. The number of amides is 1. The van der Waals surface area contributed by atoms with Crippen LogP contribution in [-0.4, -0.2) is 40.2 Å². The average Bonchev–Trinajstić information content (AvgIpc) is 3.50. The number of carbonyl (C=O) groups is 3. The Morgan fingerprint density at radius 3 is 2.60 bits per heavy atom. The molecule has 0 unspecified atom stereocenters. The van der Waals surface area contributed by atoms with E-state index in [0.29, 0.717) is 34.9 Å². The molecule has 0 fully saturated rings. The van der Waals surface area contributed by atoms with Gasteiger partial charge in [0, 0.05) is 23.9 Å². The van der Waals surface area contributed by atoms with Gasteiger partial charge in [-0.1, -0.05) is 38.1 Å². The van der Waals surface area contributed by atoms with Crippen molar-refractivity contribution >= 4 is 23.7 Å². The number of aliphatic carboxylic acids is 1. The Hall–Kier alpha value is -4.33. The fourth-order valence-corrected chi connectivity index (χ4v) is 3.79. The number of ketones is 1. The van der Waals surface area contributed by atoms with Gasteiger partial charge in [-0.05, 0) is 53.9 Å². The van der Waals surface area contributed by atoms with E-state index in [1.807, 2.05) is 35.0 Å². The number of benzene rings is 2. The summed E-state index contributed by atoms with van der Waals surface area (Å²) in [7, 11) is 0. The van der Waals surface area contributed by atoms with Gasteiger partial charge in [0.05, 0.1) is 5.69 Å². The molecular formula is C27H26N2O6. The van der Waals surface area contributed by atoms with Crippen molar-refractivity contribution in [2.45, 2.75) is 26.4 Å². The lowest BCUT2D eigenvalue weighted by Gasteiger charge is -2.18. The number of fused-ring (bicyclic) bond motifs is 1. The largest absolute Gasteiger partial charge is 0.480 e. The molecule has 1 amide bonds. The van der Waals surface area contributed by atoms with Crippen LogP contribution in [0.15, 0.2) is 66.9 Å². The van der Waals surface area contributed by atoms with E-state index < -0.39 is 17.9 Å². The molecule has 0 saturated carbocycles. The van der Waals surface area contributed by atoms with Crippen LogP contribution < -0.4 is 14.8 Å². The van der Waals surface area contributed by atoms with Gasteiger partial charge in [-0.2, -0.15) is 0 Å². The highest BCUT2D eigenvalue weighted by Gasteiger charge is 2.24. The lowest BCUT2D eigenvalue weighted by Crippen LogP contribution is -2.44. The van der Waals surface area contributed by atoms with Crippen molar-refractivity contribution < 1.29 is 29.0 Å². The quantitative estimate of drug-likeness (QED) is 0.454. The summed E-state index contributed by atoms with van der Waals surface area (Å²) >= 11 is 0. The summed E-state index contributed by atoms with van der Waals surface area (Å²) in [6.07, 6.45) is 5.57. The van der Waals surface area contributed by atoms with Crippen LogP contribution in [0, 0.1) is 5.92 Å². The molecule has 8 heteroatoms. The number of ether oxygens (including phenoxy) is 2. The van der Waals surface area contributed by atoms with Crippen molar-refractivity contribution in [1.82, 2.24) is 9.88 Å². The monoisotopic (exact) mass is 474 g/mol. The zero-order valence-electron chi connectivity index (χ0n) is 19.4. The van der Waals surface area contributed by atoms with E-state index in [1.54, 1.807) is 56.3 Å². The number of nitrogens with zero attached hydrogens (tertiary/aromatic N) is 1. The minimum Gasteiger partial charge on any atom is -0.480 e. The summed E-state index contributed by atoms with van der Waals surface area (Å²) in [6.45, 7) is 4.08. The second-order valence-corrected chi connectivity index (χ2v) is 8.50. The summed E-state index contributed by atoms with van der Waals surface area (Å²) in [5.41, 5.74) is 2.21. The summed E-state index contributed by atoms with van der Waals surface area (Å²) in [5, 5.41) is 11.9. The number of aromatic nitrogens is 1. The first-order valence-electron chi connectivity index (χ1n) is 11.2. The first-order valence-corrected chi connectivity index (χ1v) is 11.2. The van der Waals surface area contributed by atoms with Crippen molar-refractivity contribution in [2.24, 2.45) is 5.92 Å². The molecule has 0 aliphatic carbocycles. The third kappa shape index (κ3) is 5.43. The first kappa shape index (κ1) is 23.8. The lowest BCUT2D eigenvalue weighted by atomic mass is 10.0. The Balaban J connectivity index is 1.44. The normalized spacial score (nSPS) is 13.2. The zero-order valence-corrected chi connectivity index (χ0v) is 19.4. The molecule has 8 nitrogen and oxygen atoms in total. The van der Waals surface area contributed by atoms with Crippen LogP contribution in [0.5, 0.6) is 11.5 Å². The summed E-state index contributed by atoms with van der Waals surface area (Å²) in [5.74, 6) is -0.695. The van der Waals surface area contributed by atoms with E-state index in [4.69, 9.17) is 9.47 Å². The molecule has 1 aliphatic heterocycles. The lowest BCUT2D eigenvalue weighted by molar-refractivity contribution is -0.140. The number of allylic oxidation sites excluding steroid dienone is 1. The smallest absolute Gasteiger partial charge is 0.326 e. The molecule has 1 aromatic heterocycles. The third-order valence-electron chi connectivity index (χ3n) is 5.68. The highest BCUT2D eigenvalue weighted by molar-refractivity contribution is 6.08. The van der Waals surface area contributed by atoms with Crippen LogP contribution in [0.1, 0.15) is 45.8 Å². The number of carboxylic acids is 1. The van der Waals surface area contributed by atoms with Crippen LogP contribution in [0.3, 0.4) is 0 Å². The van der Waals surface area contributed by atoms with Crippen LogP contribution in [0.4, 0.5) is 0 Å². The predicted octanol–water partition coefficient (Wildman–Crippen LogP) is 4.00. The highest BCUT2D eigenvalue weighted by Crippen LogP contribution is 2.33. The molecular weight excluding hydrogens is 448 g/mol. The van der Waals surface area contributed by atoms with Gasteiger partial charge in [0.15, 0.2) is 11.5 Å². The molecule has 2 N–H and O–H groups in total. The fraction of sp³-hybridized carbons (Fsp3) is 0.222. The molecule has 1 atom stereocenters. The summed E-state index contributed by atoms with van der Waals surface area (Å²) in [6, 6.07) is 14.7. The van der Waals surface area contributed by atoms with Gasteiger partial charge in [-0.15, -0.1) is 0 Å². The van der Waals surface area contributed by atoms with E-state index in [0.717, 1.165) is 5.56 Å². The second kappa shape index (κ2) is 10.3. The van der Waals surface area contributed by atoms with Gasteiger partial charge in [-0.3, -0.25) is 9.59 Å².